The number of rotatable bonds is 5. The third-order valence-corrected chi connectivity index (χ3v) is 4.80. The highest BCUT2D eigenvalue weighted by atomic mass is 16.2. The van der Waals surface area contributed by atoms with E-state index in [2.05, 4.69) is 28.6 Å². The topological polar surface area (TPSA) is 38.1 Å². The van der Waals surface area contributed by atoms with Gasteiger partial charge in [0, 0.05) is 37.9 Å². The number of carbonyl (C=O) groups excluding carboxylic acids is 1. The fourth-order valence-electron chi connectivity index (χ4n) is 3.38. The van der Waals surface area contributed by atoms with Crippen LogP contribution in [0.4, 0.5) is 0 Å². The van der Waals surface area contributed by atoms with Crippen molar-refractivity contribution in [1.82, 2.24) is 14.5 Å². The molecule has 4 heteroatoms. The van der Waals surface area contributed by atoms with Crippen LogP contribution in [0.2, 0.25) is 0 Å². The highest BCUT2D eigenvalue weighted by molar-refractivity contribution is 5.76. The molecular formula is C19H25N3O. The van der Waals surface area contributed by atoms with E-state index in [1.807, 2.05) is 36.2 Å². The largest absolute Gasteiger partial charge is 0.342 e. The van der Waals surface area contributed by atoms with Crippen LogP contribution in [0.5, 0.6) is 0 Å². The highest BCUT2D eigenvalue weighted by Gasteiger charge is 2.26. The summed E-state index contributed by atoms with van der Waals surface area (Å²) in [4.78, 5) is 18.8. The SMILES string of the molecule is Cc1cnc(C)n1CC1CCN(C(=O)CCc2ccccc2)C1. The second kappa shape index (κ2) is 6.99. The standard InChI is InChI=1S/C19H25N3O/c1-15-12-20-16(2)22(15)14-18-10-11-21(13-18)19(23)9-8-17-6-4-3-5-7-17/h3-7,12,18H,8-11,13-14H2,1-2H3. The third kappa shape index (κ3) is 3.81. The van der Waals surface area contributed by atoms with E-state index in [4.69, 9.17) is 0 Å². The first-order valence-electron chi connectivity index (χ1n) is 8.44. The van der Waals surface area contributed by atoms with Crippen molar-refractivity contribution in [2.75, 3.05) is 13.1 Å². The average molecular weight is 311 g/mol. The van der Waals surface area contributed by atoms with Crippen molar-refractivity contribution >= 4 is 5.91 Å². The van der Waals surface area contributed by atoms with Crippen molar-refractivity contribution in [3.8, 4) is 0 Å². The number of amides is 1. The Hall–Kier alpha value is -2.10. The van der Waals surface area contributed by atoms with Crippen LogP contribution < -0.4 is 0 Å². The maximum atomic E-state index is 12.4. The molecule has 23 heavy (non-hydrogen) atoms. The molecule has 1 saturated heterocycles. The van der Waals surface area contributed by atoms with Gasteiger partial charge in [-0.15, -0.1) is 0 Å². The van der Waals surface area contributed by atoms with Crippen LogP contribution in [0.25, 0.3) is 0 Å². The van der Waals surface area contributed by atoms with Gasteiger partial charge in [-0.2, -0.15) is 0 Å². The highest BCUT2D eigenvalue weighted by Crippen LogP contribution is 2.21. The number of benzene rings is 1. The molecule has 0 aliphatic carbocycles. The van der Waals surface area contributed by atoms with Crippen LogP contribution in [-0.2, 0) is 17.8 Å². The summed E-state index contributed by atoms with van der Waals surface area (Å²) >= 11 is 0. The van der Waals surface area contributed by atoms with E-state index in [0.717, 1.165) is 38.3 Å². The summed E-state index contributed by atoms with van der Waals surface area (Å²) in [6, 6.07) is 10.2. The molecular weight excluding hydrogens is 286 g/mol. The normalized spacial score (nSPS) is 17.7. The van der Waals surface area contributed by atoms with Crippen molar-refractivity contribution in [3.63, 3.8) is 0 Å². The van der Waals surface area contributed by atoms with Gasteiger partial charge in [0.2, 0.25) is 5.91 Å². The number of likely N-dealkylation sites (tertiary alicyclic amines) is 1. The number of aromatic nitrogens is 2. The molecule has 2 aromatic rings. The van der Waals surface area contributed by atoms with E-state index in [0.29, 0.717) is 12.3 Å². The lowest BCUT2D eigenvalue weighted by atomic mass is 10.1. The second-order valence-corrected chi connectivity index (χ2v) is 6.54. The Bertz CT molecular complexity index is 643. The van der Waals surface area contributed by atoms with Crippen LogP contribution >= 0.6 is 0 Å². The van der Waals surface area contributed by atoms with Gasteiger partial charge in [0.25, 0.3) is 0 Å². The number of hydrogen-bond acceptors (Lipinski definition) is 2. The van der Waals surface area contributed by atoms with Gasteiger partial charge in [-0.3, -0.25) is 4.79 Å². The first kappa shape index (κ1) is 15.8. The molecule has 1 aromatic carbocycles. The summed E-state index contributed by atoms with van der Waals surface area (Å²) in [6.45, 7) is 6.89. The Morgan fingerprint density at radius 1 is 1.26 bits per heavy atom. The number of aryl methyl sites for hydroxylation is 3. The Morgan fingerprint density at radius 3 is 2.74 bits per heavy atom. The van der Waals surface area contributed by atoms with Gasteiger partial charge in [0.1, 0.15) is 5.82 Å². The van der Waals surface area contributed by atoms with Crippen molar-refractivity contribution in [3.05, 3.63) is 53.6 Å². The van der Waals surface area contributed by atoms with E-state index < -0.39 is 0 Å². The summed E-state index contributed by atoms with van der Waals surface area (Å²) in [5.74, 6) is 1.90. The molecule has 1 unspecified atom stereocenters. The van der Waals surface area contributed by atoms with Gasteiger partial charge in [-0.05, 0) is 38.2 Å². The average Bonchev–Trinajstić information content (AvgIpc) is 3.16. The molecule has 3 rings (SSSR count). The van der Waals surface area contributed by atoms with Crippen LogP contribution in [0.15, 0.2) is 36.5 Å². The maximum absolute atomic E-state index is 12.4. The number of carbonyl (C=O) groups is 1. The molecule has 1 fully saturated rings. The van der Waals surface area contributed by atoms with Crippen LogP contribution in [0.1, 0.15) is 29.9 Å². The van der Waals surface area contributed by atoms with Gasteiger partial charge < -0.3 is 9.47 Å². The zero-order valence-corrected chi connectivity index (χ0v) is 14.0. The molecule has 1 amide bonds. The molecule has 1 atom stereocenters. The molecule has 4 nitrogen and oxygen atoms in total. The lowest BCUT2D eigenvalue weighted by molar-refractivity contribution is -0.130. The van der Waals surface area contributed by atoms with Gasteiger partial charge in [-0.1, -0.05) is 30.3 Å². The number of imidazole rings is 1. The molecule has 1 aliphatic rings. The lowest BCUT2D eigenvalue weighted by Crippen LogP contribution is -2.29. The molecule has 0 spiro atoms. The van der Waals surface area contributed by atoms with Crippen molar-refractivity contribution < 1.29 is 4.79 Å². The molecule has 1 aromatic heterocycles. The third-order valence-electron chi connectivity index (χ3n) is 4.80. The minimum absolute atomic E-state index is 0.287. The van der Waals surface area contributed by atoms with E-state index in [1.165, 1.54) is 11.3 Å². The summed E-state index contributed by atoms with van der Waals surface area (Å²) < 4.78 is 2.27. The lowest BCUT2D eigenvalue weighted by Gasteiger charge is -2.17. The molecule has 0 N–H and O–H groups in total. The maximum Gasteiger partial charge on any atom is 0.222 e. The molecule has 0 radical (unpaired) electrons. The molecule has 0 saturated carbocycles. The quantitative estimate of drug-likeness (QED) is 0.851. The Kier molecular flexibility index (Phi) is 4.79. The number of nitrogens with zero attached hydrogens (tertiary/aromatic N) is 3. The smallest absolute Gasteiger partial charge is 0.222 e. The fraction of sp³-hybridized carbons (Fsp3) is 0.474. The van der Waals surface area contributed by atoms with E-state index >= 15 is 0 Å². The van der Waals surface area contributed by atoms with Crippen molar-refractivity contribution in [2.24, 2.45) is 5.92 Å². The minimum Gasteiger partial charge on any atom is -0.342 e. The second-order valence-electron chi connectivity index (χ2n) is 6.54. The summed E-state index contributed by atoms with van der Waals surface area (Å²) in [5.41, 5.74) is 2.44. The predicted octanol–water partition coefficient (Wildman–Crippen LogP) is 2.98. The predicted molar refractivity (Wildman–Crippen MR) is 91.2 cm³/mol. The van der Waals surface area contributed by atoms with Gasteiger partial charge in [0.05, 0.1) is 0 Å². The van der Waals surface area contributed by atoms with Gasteiger partial charge in [-0.25, -0.2) is 4.98 Å². The Morgan fingerprint density at radius 2 is 2.04 bits per heavy atom. The van der Waals surface area contributed by atoms with Crippen molar-refractivity contribution in [1.29, 1.82) is 0 Å². The fourth-order valence-corrected chi connectivity index (χ4v) is 3.38. The first-order chi connectivity index (χ1) is 11.1. The van der Waals surface area contributed by atoms with Crippen LogP contribution in [0.3, 0.4) is 0 Å². The molecule has 122 valence electrons. The number of hydrogen-bond donors (Lipinski definition) is 0. The minimum atomic E-state index is 0.287. The Labute approximate surface area is 138 Å². The summed E-state index contributed by atoms with van der Waals surface area (Å²) in [6.07, 6.45) is 4.46. The summed E-state index contributed by atoms with van der Waals surface area (Å²) in [7, 11) is 0. The van der Waals surface area contributed by atoms with E-state index in [9.17, 15) is 4.79 Å². The van der Waals surface area contributed by atoms with E-state index in [-0.39, 0.29) is 5.91 Å². The zero-order chi connectivity index (χ0) is 16.2. The van der Waals surface area contributed by atoms with Crippen LogP contribution in [-0.4, -0.2) is 33.4 Å². The monoisotopic (exact) mass is 311 g/mol. The summed E-state index contributed by atoms with van der Waals surface area (Å²) in [5, 5.41) is 0. The molecule has 0 bridgehead atoms. The molecule has 1 aliphatic heterocycles. The Balaban J connectivity index is 1.50. The van der Waals surface area contributed by atoms with Crippen molar-refractivity contribution in [2.45, 2.75) is 39.7 Å². The van der Waals surface area contributed by atoms with Gasteiger partial charge >= 0.3 is 0 Å². The first-order valence-corrected chi connectivity index (χ1v) is 8.44. The van der Waals surface area contributed by atoms with E-state index in [1.54, 1.807) is 0 Å². The molecule has 2 heterocycles. The van der Waals surface area contributed by atoms with Gasteiger partial charge in [0.15, 0.2) is 0 Å². The van der Waals surface area contributed by atoms with Crippen LogP contribution in [0, 0.1) is 19.8 Å². The zero-order valence-electron chi connectivity index (χ0n) is 14.0.